The summed E-state index contributed by atoms with van der Waals surface area (Å²) < 4.78 is 10.7. The summed E-state index contributed by atoms with van der Waals surface area (Å²) in [5.41, 5.74) is 5.89. The molecular weight excluding hydrogens is 442 g/mol. The number of benzene rings is 2. The molecule has 0 aliphatic rings. The maximum atomic E-state index is 12.2. The van der Waals surface area contributed by atoms with Crippen molar-refractivity contribution in [1.29, 1.82) is 0 Å². The van der Waals surface area contributed by atoms with Crippen molar-refractivity contribution in [2.45, 2.75) is 20.8 Å². The van der Waals surface area contributed by atoms with Gasteiger partial charge in [0, 0.05) is 11.3 Å². The minimum absolute atomic E-state index is 0.254. The van der Waals surface area contributed by atoms with Gasteiger partial charge < -0.3 is 14.8 Å². The van der Waals surface area contributed by atoms with Crippen LogP contribution in [-0.4, -0.2) is 30.6 Å². The maximum absolute atomic E-state index is 12.2. The van der Waals surface area contributed by atoms with Crippen molar-refractivity contribution in [2.24, 2.45) is 5.10 Å². The van der Waals surface area contributed by atoms with Crippen LogP contribution in [0, 0.1) is 13.8 Å². The van der Waals surface area contributed by atoms with Crippen LogP contribution in [0.4, 0.5) is 5.69 Å². The number of carbonyl (C=O) groups excluding carboxylic acids is 3. The van der Waals surface area contributed by atoms with Gasteiger partial charge in [0.1, 0.15) is 4.88 Å². The van der Waals surface area contributed by atoms with Crippen LogP contribution >= 0.6 is 11.3 Å². The lowest BCUT2D eigenvalue weighted by Crippen LogP contribution is -2.33. The van der Waals surface area contributed by atoms with E-state index in [1.54, 1.807) is 54.8 Å². The summed E-state index contributed by atoms with van der Waals surface area (Å²) in [6.07, 6.45) is 0. The summed E-state index contributed by atoms with van der Waals surface area (Å²) in [6.45, 7) is 5.54. The maximum Gasteiger partial charge on any atom is 0.353 e. The third kappa shape index (κ3) is 6.05. The Labute approximate surface area is 195 Å². The summed E-state index contributed by atoms with van der Waals surface area (Å²) in [6, 6.07) is 13.7. The Bertz CT molecular complexity index is 1220. The summed E-state index contributed by atoms with van der Waals surface area (Å²) in [5, 5.41) is 8.32. The van der Waals surface area contributed by atoms with E-state index in [0.717, 1.165) is 11.1 Å². The Balaban J connectivity index is 1.65. The molecule has 1 heterocycles. The van der Waals surface area contributed by atoms with Gasteiger partial charge >= 0.3 is 17.8 Å². The largest absolute Gasteiger partial charge is 0.493 e. The topological polar surface area (TPSA) is 106 Å². The number of methoxy groups -OCH3 is 1. The van der Waals surface area contributed by atoms with Crippen molar-refractivity contribution < 1.29 is 23.9 Å². The number of nitrogens with zero attached hydrogens (tertiary/aromatic N) is 1. The number of esters is 1. The van der Waals surface area contributed by atoms with Crippen molar-refractivity contribution in [2.75, 3.05) is 12.4 Å². The fraction of sp³-hybridized carbons (Fsp3) is 0.167. The second-order valence-corrected chi connectivity index (χ2v) is 8.07. The van der Waals surface area contributed by atoms with Crippen molar-refractivity contribution in [3.63, 3.8) is 0 Å². The molecule has 2 amide bonds. The summed E-state index contributed by atoms with van der Waals surface area (Å²) >= 11 is 1.28. The van der Waals surface area contributed by atoms with Gasteiger partial charge in [0.25, 0.3) is 0 Å². The second kappa shape index (κ2) is 10.6. The van der Waals surface area contributed by atoms with Gasteiger partial charge in [-0.1, -0.05) is 12.1 Å². The molecule has 0 unspecified atom stereocenters. The molecule has 0 bridgehead atoms. The highest BCUT2D eigenvalue weighted by atomic mass is 32.1. The van der Waals surface area contributed by atoms with Crippen LogP contribution in [0.15, 0.2) is 59.0 Å². The predicted octanol–water partition coefficient (Wildman–Crippen LogP) is 4.07. The third-order valence-electron chi connectivity index (χ3n) is 4.80. The number of hydrogen-bond acceptors (Lipinski definition) is 7. The molecule has 0 saturated heterocycles. The number of aryl methyl sites for hydroxylation is 2. The SMILES string of the molecule is COc1cc(C(C)=NNC(=O)C(=O)Nc2ccc(C)c(C)c2)ccc1OC(=O)c1cccs1. The number of thiophene rings is 1. The number of amides is 2. The number of anilines is 1. The van der Waals surface area contributed by atoms with Crippen LogP contribution in [0.25, 0.3) is 0 Å². The zero-order chi connectivity index (χ0) is 24.0. The van der Waals surface area contributed by atoms with Crippen LogP contribution in [0.1, 0.15) is 33.3 Å². The monoisotopic (exact) mass is 465 g/mol. The highest BCUT2D eigenvalue weighted by Crippen LogP contribution is 2.29. The Morgan fingerprint density at radius 2 is 1.73 bits per heavy atom. The van der Waals surface area contributed by atoms with Gasteiger partial charge in [-0.3, -0.25) is 9.59 Å². The number of rotatable bonds is 6. The fourth-order valence-corrected chi connectivity index (χ4v) is 3.38. The lowest BCUT2D eigenvalue weighted by molar-refractivity contribution is -0.136. The molecule has 8 nitrogen and oxygen atoms in total. The van der Waals surface area contributed by atoms with Crippen molar-refractivity contribution in [3.8, 4) is 11.5 Å². The van der Waals surface area contributed by atoms with E-state index in [1.165, 1.54) is 18.4 Å². The molecule has 0 fully saturated rings. The average Bonchev–Trinajstić information content (AvgIpc) is 3.35. The number of nitrogens with one attached hydrogen (secondary N) is 2. The average molecular weight is 466 g/mol. The minimum Gasteiger partial charge on any atom is -0.493 e. The quantitative estimate of drug-likeness (QED) is 0.188. The van der Waals surface area contributed by atoms with E-state index in [1.807, 2.05) is 19.9 Å². The Morgan fingerprint density at radius 3 is 2.39 bits per heavy atom. The van der Waals surface area contributed by atoms with E-state index in [-0.39, 0.29) is 5.75 Å². The van der Waals surface area contributed by atoms with E-state index in [9.17, 15) is 14.4 Å². The van der Waals surface area contributed by atoms with Gasteiger partial charge in [0.15, 0.2) is 11.5 Å². The molecule has 0 atom stereocenters. The first-order chi connectivity index (χ1) is 15.8. The highest BCUT2D eigenvalue weighted by Gasteiger charge is 2.16. The predicted molar refractivity (Wildman–Crippen MR) is 127 cm³/mol. The van der Waals surface area contributed by atoms with Crippen molar-refractivity contribution in [1.82, 2.24) is 5.43 Å². The standard InChI is InChI=1S/C24H23N3O5S/c1-14-7-9-18(12-15(14)2)25-22(28)23(29)27-26-16(3)17-8-10-19(20(13-17)31-4)32-24(30)21-6-5-11-33-21/h5-13H,1-4H3,(H,25,28)(H,27,29). The molecule has 1 aromatic heterocycles. The van der Waals surface area contributed by atoms with Gasteiger partial charge in [0.05, 0.1) is 12.8 Å². The normalized spacial score (nSPS) is 11.0. The molecule has 9 heteroatoms. The summed E-state index contributed by atoms with van der Waals surface area (Å²) in [7, 11) is 1.45. The van der Waals surface area contributed by atoms with Gasteiger partial charge in [-0.2, -0.15) is 5.10 Å². The van der Waals surface area contributed by atoms with Crippen LogP contribution in [-0.2, 0) is 9.59 Å². The zero-order valence-corrected chi connectivity index (χ0v) is 19.4. The van der Waals surface area contributed by atoms with E-state index in [0.29, 0.717) is 27.6 Å². The zero-order valence-electron chi connectivity index (χ0n) is 18.6. The van der Waals surface area contributed by atoms with Crippen LogP contribution in [0.3, 0.4) is 0 Å². The molecule has 0 spiro atoms. The van der Waals surface area contributed by atoms with Crippen LogP contribution < -0.4 is 20.2 Å². The minimum atomic E-state index is -0.902. The molecule has 0 radical (unpaired) electrons. The summed E-state index contributed by atoms with van der Waals surface area (Å²) in [4.78, 5) is 36.9. The molecule has 0 aliphatic heterocycles. The fourth-order valence-electron chi connectivity index (χ4n) is 2.78. The van der Waals surface area contributed by atoms with E-state index >= 15 is 0 Å². The van der Waals surface area contributed by atoms with Crippen molar-refractivity contribution >= 4 is 40.5 Å². The Kier molecular flexibility index (Phi) is 7.57. The summed E-state index contributed by atoms with van der Waals surface area (Å²) in [5.74, 6) is -1.64. The number of ether oxygens (including phenoxy) is 2. The molecule has 0 saturated carbocycles. The molecule has 3 rings (SSSR count). The molecule has 170 valence electrons. The van der Waals surface area contributed by atoms with E-state index in [4.69, 9.17) is 9.47 Å². The van der Waals surface area contributed by atoms with Gasteiger partial charge in [-0.05, 0) is 73.7 Å². The van der Waals surface area contributed by atoms with Crippen molar-refractivity contribution in [3.05, 3.63) is 75.5 Å². The first-order valence-electron chi connectivity index (χ1n) is 9.95. The Hall–Kier alpha value is -3.98. The first kappa shape index (κ1) is 23.7. The first-order valence-corrected chi connectivity index (χ1v) is 10.8. The molecular formula is C24H23N3O5S. The lowest BCUT2D eigenvalue weighted by Gasteiger charge is -2.11. The van der Waals surface area contributed by atoms with Crippen LogP contribution in [0.2, 0.25) is 0 Å². The molecule has 33 heavy (non-hydrogen) atoms. The lowest BCUT2D eigenvalue weighted by atomic mass is 10.1. The second-order valence-electron chi connectivity index (χ2n) is 7.12. The van der Waals surface area contributed by atoms with Crippen LogP contribution in [0.5, 0.6) is 11.5 Å². The molecule has 2 N–H and O–H groups in total. The van der Waals surface area contributed by atoms with E-state index < -0.39 is 17.8 Å². The van der Waals surface area contributed by atoms with Gasteiger partial charge in [-0.25, -0.2) is 10.2 Å². The number of hydrogen-bond donors (Lipinski definition) is 2. The third-order valence-corrected chi connectivity index (χ3v) is 5.65. The van der Waals surface area contributed by atoms with Gasteiger partial charge in [-0.15, -0.1) is 11.3 Å². The highest BCUT2D eigenvalue weighted by molar-refractivity contribution is 7.12. The van der Waals surface area contributed by atoms with E-state index in [2.05, 4.69) is 15.8 Å². The smallest absolute Gasteiger partial charge is 0.353 e. The van der Waals surface area contributed by atoms with Gasteiger partial charge in [0.2, 0.25) is 0 Å². The number of carbonyl (C=O) groups is 3. The molecule has 3 aromatic rings. The molecule has 0 aliphatic carbocycles. The Morgan fingerprint density at radius 1 is 0.939 bits per heavy atom. The molecule has 2 aromatic carbocycles. The number of hydrazone groups is 1.